The number of carbonyl (C=O) groups is 1. The Kier molecular flexibility index (Phi) is 7.44. The highest BCUT2D eigenvalue weighted by Gasteiger charge is 2.31. The zero-order valence-electron chi connectivity index (χ0n) is 19.0. The lowest BCUT2D eigenvalue weighted by Gasteiger charge is -2.30. The third-order valence-corrected chi connectivity index (χ3v) is 5.68. The van der Waals surface area contributed by atoms with Crippen LogP contribution in [0, 0.1) is 0 Å². The van der Waals surface area contributed by atoms with Crippen LogP contribution < -0.4 is 20.1 Å². The summed E-state index contributed by atoms with van der Waals surface area (Å²) in [6, 6.07) is 24.6. The molecule has 0 aromatic heterocycles. The van der Waals surface area contributed by atoms with Crippen molar-refractivity contribution in [1.82, 2.24) is 10.6 Å². The number of benzene rings is 3. The summed E-state index contributed by atoms with van der Waals surface area (Å²) >= 11 is 5.36. The maximum absolute atomic E-state index is 13.1. The van der Waals surface area contributed by atoms with Crippen LogP contribution in [0.5, 0.6) is 11.5 Å². The summed E-state index contributed by atoms with van der Waals surface area (Å²) in [6.07, 6.45) is 0. The molecule has 7 heteroatoms. The van der Waals surface area contributed by atoms with Gasteiger partial charge in [0.05, 0.1) is 18.7 Å². The molecule has 0 saturated heterocycles. The third kappa shape index (κ3) is 5.55. The van der Waals surface area contributed by atoms with Crippen LogP contribution in [0.25, 0.3) is 0 Å². The Balaban J connectivity index is 1.55. The number of nitrogens with one attached hydrogen (secondary N) is 2. The van der Waals surface area contributed by atoms with E-state index in [0.717, 1.165) is 16.7 Å². The van der Waals surface area contributed by atoms with Gasteiger partial charge in [-0.1, -0.05) is 66.7 Å². The average molecular weight is 475 g/mol. The first-order chi connectivity index (χ1) is 16.5. The van der Waals surface area contributed by atoms with Gasteiger partial charge in [-0.15, -0.1) is 0 Å². The number of carbonyl (C=O) groups excluding carboxylic acids is 1. The zero-order valence-corrected chi connectivity index (χ0v) is 19.9. The second-order valence-electron chi connectivity index (χ2n) is 7.82. The van der Waals surface area contributed by atoms with Crippen molar-refractivity contribution in [1.29, 1.82) is 0 Å². The van der Waals surface area contributed by atoms with E-state index in [1.165, 1.54) is 0 Å². The molecule has 6 nitrogen and oxygen atoms in total. The SMILES string of the molecule is COc1cc([C@H]2NC(=S)NC(C)=C2C(=O)OCc2ccccc2)ccc1OCc1ccccc1. The molecular weight excluding hydrogens is 448 g/mol. The van der Waals surface area contributed by atoms with Gasteiger partial charge in [-0.05, 0) is 48.0 Å². The molecule has 0 bridgehead atoms. The Labute approximate surface area is 204 Å². The van der Waals surface area contributed by atoms with E-state index < -0.39 is 12.0 Å². The Morgan fingerprint density at radius 3 is 2.21 bits per heavy atom. The first kappa shape index (κ1) is 23.3. The molecule has 1 aliphatic rings. The van der Waals surface area contributed by atoms with Crippen molar-refractivity contribution >= 4 is 23.3 Å². The molecule has 3 aromatic carbocycles. The molecule has 1 heterocycles. The summed E-state index contributed by atoms with van der Waals surface area (Å²) < 4.78 is 17.2. The van der Waals surface area contributed by atoms with Crippen molar-refractivity contribution in [3.8, 4) is 11.5 Å². The third-order valence-electron chi connectivity index (χ3n) is 5.46. The van der Waals surface area contributed by atoms with Gasteiger partial charge in [0.15, 0.2) is 16.6 Å². The summed E-state index contributed by atoms with van der Waals surface area (Å²) in [6.45, 7) is 2.42. The standard InChI is InChI=1S/C27H26N2O4S/c1-18-24(26(30)33-17-20-11-7-4-8-12-20)25(29-27(34)28-18)21-13-14-22(23(15-21)31-2)32-16-19-9-5-3-6-10-19/h3-15,25H,16-17H2,1-2H3,(H2,28,29,34)/t25-/m1/s1. The number of allylic oxidation sites excluding steroid dienone is 1. The summed E-state index contributed by atoms with van der Waals surface area (Å²) in [4.78, 5) is 13.1. The van der Waals surface area contributed by atoms with Gasteiger partial charge >= 0.3 is 5.97 Å². The number of thiocarbonyl (C=S) groups is 1. The van der Waals surface area contributed by atoms with Crippen LogP contribution in [0.2, 0.25) is 0 Å². The van der Waals surface area contributed by atoms with Crippen molar-refractivity contribution in [2.75, 3.05) is 7.11 Å². The number of rotatable bonds is 8. The Morgan fingerprint density at radius 2 is 1.56 bits per heavy atom. The molecule has 4 rings (SSSR count). The monoisotopic (exact) mass is 474 g/mol. The second-order valence-corrected chi connectivity index (χ2v) is 8.22. The minimum Gasteiger partial charge on any atom is -0.493 e. The predicted octanol–water partition coefficient (Wildman–Crippen LogP) is 4.81. The molecule has 3 aromatic rings. The molecule has 34 heavy (non-hydrogen) atoms. The van der Waals surface area contributed by atoms with E-state index in [1.54, 1.807) is 7.11 Å². The topological polar surface area (TPSA) is 68.8 Å². The van der Waals surface area contributed by atoms with Crippen molar-refractivity contribution < 1.29 is 19.0 Å². The van der Waals surface area contributed by atoms with Gasteiger partial charge < -0.3 is 24.8 Å². The fourth-order valence-electron chi connectivity index (χ4n) is 3.73. The Bertz CT molecular complexity index is 1200. The van der Waals surface area contributed by atoms with Gasteiger partial charge in [-0.25, -0.2) is 4.79 Å². The lowest BCUT2D eigenvalue weighted by molar-refractivity contribution is -0.140. The molecule has 0 amide bonds. The minimum atomic E-state index is -0.492. The van der Waals surface area contributed by atoms with Gasteiger partial charge in [-0.2, -0.15) is 0 Å². The molecule has 174 valence electrons. The van der Waals surface area contributed by atoms with Gasteiger partial charge in [0, 0.05) is 5.70 Å². The molecule has 1 aliphatic heterocycles. The lowest BCUT2D eigenvalue weighted by Crippen LogP contribution is -2.45. The van der Waals surface area contributed by atoms with E-state index in [9.17, 15) is 4.79 Å². The zero-order chi connectivity index (χ0) is 23.9. The van der Waals surface area contributed by atoms with Crippen LogP contribution in [-0.4, -0.2) is 18.2 Å². The van der Waals surface area contributed by atoms with Crippen molar-refractivity contribution in [3.63, 3.8) is 0 Å². The van der Waals surface area contributed by atoms with Crippen molar-refractivity contribution in [2.24, 2.45) is 0 Å². The van der Waals surface area contributed by atoms with Crippen LogP contribution in [0.3, 0.4) is 0 Å². The highest BCUT2D eigenvalue weighted by Crippen LogP contribution is 2.35. The molecule has 2 N–H and O–H groups in total. The molecule has 1 atom stereocenters. The fraction of sp³-hybridized carbons (Fsp3) is 0.185. The summed E-state index contributed by atoms with van der Waals surface area (Å²) in [7, 11) is 1.59. The van der Waals surface area contributed by atoms with Gasteiger partial charge in [0.25, 0.3) is 0 Å². The van der Waals surface area contributed by atoms with E-state index in [-0.39, 0.29) is 6.61 Å². The number of hydrogen-bond donors (Lipinski definition) is 2. The molecular formula is C27H26N2O4S. The summed E-state index contributed by atoms with van der Waals surface area (Å²) in [5.41, 5.74) is 3.89. The predicted molar refractivity (Wildman–Crippen MR) is 134 cm³/mol. The summed E-state index contributed by atoms with van der Waals surface area (Å²) in [5.74, 6) is 0.757. The van der Waals surface area contributed by atoms with Crippen LogP contribution in [0.4, 0.5) is 0 Å². The van der Waals surface area contributed by atoms with E-state index in [2.05, 4.69) is 10.6 Å². The smallest absolute Gasteiger partial charge is 0.338 e. The van der Waals surface area contributed by atoms with Crippen molar-refractivity contribution in [3.05, 3.63) is 107 Å². The van der Waals surface area contributed by atoms with E-state index >= 15 is 0 Å². The highest BCUT2D eigenvalue weighted by atomic mass is 32.1. The number of esters is 1. The van der Waals surface area contributed by atoms with E-state index in [4.69, 9.17) is 26.4 Å². The normalized spacial score (nSPS) is 15.2. The maximum Gasteiger partial charge on any atom is 0.338 e. The molecule has 0 radical (unpaired) electrons. The molecule has 0 spiro atoms. The van der Waals surface area contributed by atoms with E-state index in [0.29, 0.717) is 34.5 Å². The lowest BCUT2D eigenvalue weighted by atomic mass is 9.95. The van der Waals surface area contributed by atoms with Crippen LogP contribution in [0.15, 0.2) is 90.1 Å². The van der Waals surface area contributed by atoms with Crippen LogP contribution >= 0.6 is 12.2 Å². The quantitative estimate of drug-likeness (QED) is 0.359. The van der Waals surface area contributed by atoms with Crippen LogP contribution in [-0.2, 0) is 22.7 Å². The Hall–Kier alpha value is -3.84. The number of hydrogen-bond acceptors (Lipinski definition) is 5. The first-order valence-electron chi connectivity index (χ1n) is 10.9. The largest absolute Gasteiger partial charge is 0.493 e. The molecule has 0 unspecified atom stereocenters. The first-order valence-corrected chi connectivity index (χ1v) is 11.3. The Morgan fingerprint density at radius 1 is 0.912 bits per heavy atom. The molecule has 0 saturated carbocycles. The fourth-order valence-corrected chi connectivity index (χ4v) is 4.00. The average Bonchev–Trinajstić information content (AvgIpc) is 2.86. The summed E-state index contributed by atoms with van der Waals surface area (Å²) in [5, 5.41) is 6.65. The molecule has 0 aliphatic carbocycles. The van der Waals surface area contributed by atoms with Gasteiger partial charge in [0.2, 0.25) is 0 Å². The highest BCUT2D eigenvalue weighted by molar-refractivity contribution is 7.80. The van der Waals surface area contributed by atoms with Crippen LogP contribution in [0.1, 0.15) is 29.7 Å². The van der Waals surface area contributed by atoms with E-state index in [1.807, 2.05) is 85.8 Å². The maximum atomic E-state index is 13.1. The molecule has 0 fully saturated rings. The van der Waals surface area contributed by atoms with Gasteiger partial charge in [0.1, 0.15) is 13.2 Å². The van der Waals surface area contributed by atoms with Crippen molar-refractivity contribution in [2.45, 2.75) is 26.2 Å². The second kappa shape index (κ2) is 10.9. The van der Waals surface area contributed by atoms with Gasteiger partial charge in [-0.3, -0.25) is 0 Å². The number of methoxy groups -OCH3 is 1. The number of ether oxygens (including phenoxy) is 3. The minimum absolute atomic E-state index is 0.184.